The Morgan fingerprint density at radius 3 is 2.22 bits per heavy atom. The highest BCUT2D eigenvalue weighted by Gasteiger charge is 2.50. The number of halogens is 2. The van der Waals surface area contributed by atoms with Crippen molar-refractivity contribution in [1.82, 2.24) is 0 Å². The number of benzene rings is 1. The fourth-order valence-electron chi connectivity index (χ4n) is 8.14. The van der Waals surface area contributed by atoms with E-state index in [0.29, 0.717) is 23.1 Å². The van der Waals surface area contributed by atoms with Crippen molar-refractivity contribution in [3.63, 3.8) is 0 Å². The Morgan fingerprint density at radius 1 is 0.940 bits per heavy atom. The van der Waals surface area contributed by atoms with Crippen molar-refractivity contribution in [2.75, 3.05) is 13.7 Å². The second-order valence-electron chi connectivity index (χ2n) is 17.8. The Morgan fingerprint density at radius 2 is 1.61 bits per heavy atom. The molecule has 0 saturated carbocycles. The van der Waals surface area contributed by atoms with Gasteiger partial charge in [-0.25, -0.2) is 9.59 Å². The first-order valence-electron chi connectivity index (χ1n) is 22.3. The summed E-state index contributed by atoms with van der Waals surface area (Å²) in [6, 6.07) is 0. The van der Waals surface area contributed by atoms with E-state index in [1.807, 2.05) is 32.9 Å². The number of phenolic OH excluding ortho intramolecular Hbond substituents is 2. The molecular weight excluding hydrogens is 919 g/mol. The average molecular weight is 988 g/mol. The molecular formula is C48H68Cl2O17. The molecule has 14 atom stereocenters. The summed E-state index contributed by atoms with van der Waals surface area (Å²) >= 11 is 12.3. The number of allylic oxidation sites excluding steroid dienone is 4. The maximum absolute atomic E-state index is 13.9. The third kappa shape index (κ3) is 13.5. The zero-order valence-electron chi connectivity index (χ0n) is 39.6. The summed E-state index contributed by atoms with van der Waals surface area (Å²) in [7, 11) is 1.26. The van der Waals surface area contributed by atoms with Crippen LogP contribution in [-0.2, 0) is 44.4 Å². The van der Waals surface area contributed by atoms with E-state index in [1.165, 1.54) is 33.1 Å². The Balaban J connectivity index is 1.60. The van der Waals surface area contributed by atoms with Crippen LogP contribution in [0.3, 0.4) is 0 Å². The number of rotatable bonds is 11. The van der Waals surface area contributed by atoms with Gasteiger partial charge in [0.25, 0.3) is 0 Å². The summed E-state index contributed by atoms with van der Waals surface area (Å²) in [5.41, 5.74) is 0.400. The molecule has 8 N–H and O–H groups in total. The topological polar surface area (TPSA) is 261 Å². The predicted molar refractivity (Wildman–Crippen MR) is 246 cm³/mol. The molecule has 0 aliphatic carbocycles. The first-order chi connectivity index (χ1) is 31.4. The van der Waals surface area contributed by atoms with Crippen LogP contribution in [0.5, 0.6) is 11.5 Å². The average Bonchev–Trinajstić information content (AvgIpc) is 3.27. The van der Waals surface area contributed by atoms with Gasteiger partial charge in [-0.1, -0.05) is 73.0 Å². The monoisotopic (exact) mass is 986 g/mol. The van der Waals surface area contributed by atoms with E-state index in [2.05, 4.69) is 0 Å². The minimum atomic E-state index is -1.57. The lowest BCUT2D eigenvalue weighted by atomic mass is 9.88. The molecule has 0 unspecified atom stereocenters. The smallest absolute Gasteiger partial charge is 0.342 e. The van der Waals surface area contributed by atoms with Crippen LogP contribution >= 0.6 is 23.2 Å². The van der Waals surface area contributed by atoms with Crippen LogP contribution in [0.4, 0.5) is 0 Å². The molecule has 4 rings (SSSR count). The third-order valence-electron chi connectivity index (χ3n) is 12.3. The number of esters is 2. The SMILES string of the molecule is CCc1c(Cl)c(O)c(Cl)c(O)c1C(=O)O[C@@H]1[C@@H](O)[C@@H](OC)[C@@H](OCC2=CC=CC[C@H](O)C(C)=C[C@H](CC)[C@@H](O[C@@H]3OC(C)(C)[C@@H](O)[C@H](O)[C@@H]3O)C(C)=CC(C)=CC[C@@H]([C@@H](C)O)OC2=O)O[C@H]1C. The van der Waals surface area contributed by atoms with Gasteiger partial charge in [-0.05, 0) is 90.5 Å². The second-order valence-corrected chi connectivity index (χ2v) is 18.6. The number of hydrogen-bond acceptors (Lipinski definition) is 17. The molecule has 67 heavy (non-hydrogen) atoms. The van der Waals surface area contributed by atoms with Gasteiger partial charge in [-0.2, -0.15) is 0 Å². The highest BCUT2D eigenvalue weighted by Crippen LogP contribution is 2.45. The van der Waals surface area contributed by atoms with E-state index in [1.54, 1.807) is 39.8 Å². The lowest BCUT2D eigenvalue weighted by molar-refractivity contribution is -0.331. The fourth-order valence-corrected chi connectivity index (χ4v) is 8.70. The predicted octanol–water partition coefficient (Wildman–Crippen LogP) is 5.03. The van der Waals surface area contributed by atoms with Crippen molar-refractivity contribution in [3.05, 3.63) is 79.9 Å². The minimum absolute atomic E-state index is 0.0296. The molecule has 2 saturated heterocycles. The van der Waals surface area contributed by atoms with Gasteiger partial charge in [0.1, 0.15) is 47.2 Å². The van der Waals surface area contributed by atoms with Crippen molar-refractivity contribution >= 4 is 35.1 Å². The lowest BCUT2D eigenvalue weighted by Crippen LogP contribution is -2.63. The number of phenols is 2. The molecule has 3 aliphatic rings. The molecule has 0 amide bonds. The van der Waals surface area contributed by atoms with Crippen LogP contribution < -0.4 is 0 Å². The van der Waals surface area contributed by atoms with Crippen molar-refractivity contribution in [2.24, 2.45) is 5.92 Å². The minimum Gasteiger partial charge on any atom is -0.505 e. The molecule has 19 heteroatoms. The Hall–Kier alpha value is -3.40. The van der Waals surface area contributed by atoms with Crippen molar-refractivity contribution in [3.8, 4) is 11.5 Å². The van der Waals surface area contributed by atoms with Gasteiger partial charge in [0.2, 0.25) is 0 Å². The highest BCUT2D eigenvalue weighted by molar-refractivity contribution is 6.39. The van der Waals surface area contributed by atoms with Crippen LogP contribution in [0, 0.1) is 5.92 Å². The Bertz CT molecular complexity index is 2050. The number of methoxy groups -OCH3 is 1. The first-order valence-corrected chi connectivity index (χ1v) is 23.1. The van der Waals surface area contributed by atoms with Gasteiger partial charge in [0.15, 0.2) is 30.2 Å². The molecule has 1 aromatic carbocycles. The number of aliphatic hydroxyl groups is 6. The molecule has 0 aromatic heterocycles. The number of carbonyl (C=O) groups excluding carboxylic acids is 2. The number of aromatic hydroxyl groups is 2. The van der Waals surface area contributed by atoms with Crippen LogP contribution in [0.15, 0.2) is 58.7 Å². The van der Waals surface area contributed by atoms with Gasteiger partial charge >= 0.3 is 11.9 Å². The standard InChI is InChI=1S/C48H68Cl2O17/c1-11-27-20-23(4)30(52)16-14-13-15-28(21-62-47-42(61-10)39(57)41(26(7)63-47)65-45(60)32-29(12-2)33(49)36(54)34(50)35(32)53)44(59)64-31(25(6)51)18-17-22(3)19-24(5)40(27)66-46-38(56)37(55)43(58)48(8,9)67-46/h13-15,17,19-20,25-27,30-31,37-43,46-47,51-58H,11-12,16,18,21H2,1-10H3/t25-,26+,27+,30+,31+,37-,38+,39-,40+,41+,42-,43+,46-,47+/m1/s1. The summed E-state index contributed by atoms with van der Waals surface area (Å²) in [5.74, 6) is -3.68. The summed E-state index contributed by atoms with van der Waals surface area (Å²) in [5, 5.41) is 85.7. The highest BCUT2D eigenvalue weighted by atomic mass is 35.5. The molecule has 0 bridgehead atoms. The number of ether oxygens (including phenoxy) is 7. The number of cyclic esters (lactones) is 1. The Kier molecular flexibility index (Phi) is 20.5. The second kappa shape index (κ2) is 24.4. The maximum Gasteiger partial charge on any atom is 0.342 e. The largest absolute Gasteiger partial charge is 0.505 e. The summed E-state index contributed by atoms with van der Waals surface area (Å²) in [6.45, 7) is 14.7. The normalized spacial score (nSPS) is 33.0. The fraction of sp³-hybridized carbons (Fsp3) is 0.625. The lowest BCUT2D eigenvalue weighted by Gasteiger charge is -2.46. The molecule has 3 aliphatic heterocycles. The molecule has 1 aromatic rings. The third-order valence-corrected chi connectivity index (χ3v) is 13.1. The van der Waals surface area contributed by atoms with E-state index in [0.717, 1.165) is 0 Å². The van der Waals surface area contributed by atoms with E-state index >= 15 is 0 Å². The molecule has 376 valence electrons. The van der Waals surface area contributed by atoms with Crippen LogP contribution in [0.2, 0.25) is 10.0 Å². The molecule has 0 spiro atoms. The van der Waals surface area contributed by atoms with E-state index < -0.39 is 126 Å². The van der Waals surface area contributed by atoms with Gasteiger partial charge in [0, 0.05) is 19.4 Å². The van der Waals surface area contributed by atoms with Crippen molar-refractivity contribution < 1.29 is 83.6 Å². The van der Waals surface area contributed by atoms with Crippen LogP contribution in [-0.4, -0.2) is 152 Å². The molecule has 3 heterocycles. The summed E-state index contributed by atoms with van der Waals surface area (Å²) in [6.07, 6.45) is -5.33. The number of hydrogen-bond donors (Lipinski definition) is 8. The van der Waals surface area contributed by atoms with Gasteiger partial charge < -0.3 is 74.0 Å². The summed E-state index contributed by atoms with van der Waals surface area (Å²) < 4.78 is 41.5. The zero-order chi connectivity index (χ0) is 50.2. The Labute approximate surface area is 401 Å². The van der Waals surface area contributed by atoms with Crippen molar-refractivity contribution in [2.45, 2.75) is 173 Å². The maximum atomic E-state index is 13.9. The van der Waals surface area contributed by atoms with Gasteiger partial charge in [-0.3, -0.25) is 0 Å². The van der Waals surface area contributed by atoms with E-state index in [4.69, 9.17) is 56.4 Å². The van der Waals surface area contributed by atoms with Crippen LogP contribution in [0.25, 0.3) is 0 Å². The molecule has 2 fully saturated rings. The molecule has 0 radical (unpaired) electrons. The van der Waals surface area contributed by atoms with Gasteiger partial charge in [0.05, 0.1) is 47.2 Å². The molecule has 17 nitrogen and oxygen atoms in total. The van der Waals surface area contributed by atoms with E-state index in [-0.39, 0.29) is 41.3 Å². The first kappa shape index (κ1) is 56.2. The van der Waals surface area contributed by atoms with E-state index in [9.17, 15) is 50.4 Å². The quantitative estimate of drug-likeness (QED) is 0.107. The van der Waals surface area contributed by atoms with Gasteiger partial charge in [-0.15, -0.1) is 0 Å². The van der Waals surface area contributed by atoms with Crippen LogP contribution in [0.1, 0.15) is 97.5 Å². The zero-order valence-corrected chi connectivity index (χ0v) is 41.1. The number of carbonyl (C=O) groups is 2. The summed E-state index contributed by atoms with van der Waals surface area (Å²) in [4.78, 5) is 27.3. The van der Waals surface area contributed by atoms with Crippen molar-refractivity contribution in [1.29, 1.82) is 0 Å². The number of aliphatic hydroxyl groups excluding tert-OH is 6.